The van der Waals surface area contributed by atoms with Crippen LogP contribution in [0.2, 0.25) is 0 Å². The van der Waals surface area contributed by atoms with Gasteiger partial charge in [-0.15, -0.1) is 0 Å². The van der Waals surface area contributed by atoms with Crippen LogP contribution in [0, 0.1) is 0 Å². The molecule has 1 aliphatic heterocycles. The van der Waals surface area contributed by atoms with E-state index in [1.807, 2.05) is 48.2 Å². The van der Waals surface area contributed by atoms with Crippen LogP contribution in [0.1, 0.15) is 37.8 Å². The fourth-order valence-electron chi connectivity index (χ4n) is 4.10. The van der Waals surface area contributed by atoms with Gasteiger partial charge in [-0.2, -0.15) is 0 Å². The molecule has 0 amide bonds. The van der Waals surface area contributed by atoms with Crippen molar-refractivity contribution in [2.75, 3.05) is 25.1 Å². The molecule has 1 unspecified atom stereocenters. The third-order valence-electron chi connectivity index (χ3n) is 5.91. The molecule has 6 nitrogen and oxygen atoms in total. The summed E-state index contributed by atoms with van der Waals surface area (Å²) in [6, 6.07) is 15.9. The molecule has 1 fully saturated rings. The number of rotatable bonds is 8. The maximum atomic E-state index is 12.8. The molecular weight excluding hydrogens is 434 g/mol. The average Bonchev–Trinajstić information content (AvgIpc) is 3.33. The minimum Gasteiger partial charge on any atom is -0.494 e. The van der Waals surface area contributed by atoms with Crippen LogP contribution in [0.3, 0.4) is 0 Å². The Kier molecular flexibility index (Phi) is 7.62. The minimum atomic E-state index is -0.0899. The van der Waals surface area contributed by atoms with Crippen LogP contribution in [0.15, 0.2) is 53.3 Å². The lowest BCUT2D eigenvalue weighted by Gasteiger charge is -2.28. The third kappa shape index (κ3) is 5.92. The number of benzene rings is 2. The molecule has 0 radical (unpaired) electrons. The van der Waals surface area contributed by atoms with E-state index in [1.54, 1.807) is 0 Å². The topological polar surface area (TPSA) is 66.6 Å². The maximum absolute atomic E-state index is 12.8. The predicted octanol–water partition coefficient (Wildman–Crippen LogP) is 4.87. The first kappa shape index (κ1) is 23.3. The second-order valence-electron chi connectivity index (χ2n) is 8.30. The molecule has 2 heterocycles. The van der Waals surface area contributed by atoms with Crippen molar-refractivity contribution in [2.45, 2.75) is 45.8 Å². The number of pyridine rings is 1. The Morgan fingerprint density at radius 3 is 2.73 bits per heavy atom. The van der Waals surface area contributed by atoms with E-state index in [-0.39, 0.29) is 11.7 Å². The van der Waals surface area contributed by atoms with Gasteiger partial charge in [0.05, 0.1) is 19.3 Å². The van der Waals surface area contributed by atoms with Gasteiger partial charge in [0.15, 0.2) is 5.11 Å². The lowest BCUT2D eigenvalue weighted by Crippen LogP contribution is -2.40. The van der Waals surface area contributed by atoms with Crippen LogP contribution < -0.4 is 15.6 Å². The van der Waals surface area contributed by atoms with E-state index in [4.69, 9.17) is 21.7 Å². The zero-order valence-corrected chi connectivity index (χ0v) is 20.0. The van der Waals surface area contributed by atoms with Gasteiger partial charge in [0.2, 0.25) is 0 Å². The Morgan fingerprint density at radius 2 is 2.03 bits per heavy atom. The molecule has 1 saturated heterocycles. The van der Waals surface area contributed by atoms with E-state index in [0.717, 1.165) is 48.2 Å². The third-order valence-corrected chi connectivity index (χ3v) is 6.27. The summed E-state index contributed by atoms with van der Waals surface area (Å²) in [7, 11) is 0. The van der Waals surface area contributed by atoms with Gasteiger partial charge in [-0.25, -0.2) is 0 Å². The van der Waals surface area contributed by atoms with Crippen molar-refractivity contribution in [3.8, 4) is 5.75 Å². The number of aromatic nitrogens is 1. The lowest BCUT2D eigenvalue weighted by atomic mass is 10.1. The van der Waals surface area contributed by atoms with Gasteiger partial charge in [0.25, 0.3) is 5.56 Å². The highest BCUT2D eigenvalue weighted by Gasteiger charge is 2.22. The zero-order chi connectivity index (χ0) is 23.2. The van der Waals surface area contributed by atoms with Crippen molar-refractivity contribution in [1.82, 2.24) is 9.88 Å². The van der Waals surface area contributed by atoms with Gasteiger partial charge in [-0.1, -0.05) is 13.0 Å². The van der Waals surface area contributed by atoms with Crippen molar-refractivity contribution in [3.05, 3.63) is 70.0 Å². The molecular formula is C26H31N3O3S. The molecule has 1 aliphatic rings. The van der Waals surface area contributed by atoms with Crippen molar-refractivity contribution < 1.29 is 9.47 Å². The molecule has 1 aromatic heterocycles. The first-order valence-electron chi connectivity index (χ1n) is 11.6. The quantitative estimate of drug-likeness (QED) is 0.463. The Balaban J connectivity index is 1.56. The van der Waals surface area contributed by atoms with Crippen molar-refractivity contribution in [3.63, 3.8) is 0 Å². The van der Waals surface area contributed by atoms with Gasteiger partial charge in [0.1, 0.15) is 5.75 Å². The molecule has 0 spiro atoms. The summed E-state index contributed by atoms with van der Waals surface area (Å²) >= 11 is 5.77. The first-order valence-corrected chi connectivity index (χ1v) is 12.0. The number of H-pyrrole nitrogens is 1. The fraction of sp³-hybridized carbons (Fsp3) is 0.385. The molecule has 174 valence electrons. The average molecular weight is 466 g/mol. The summed E-state index contributed by atoms with van der Waals surface area (Å²) in [6.07, 6.45) is 3.10. The SMILES string of the molecule is CCOc1ccc(NC(=S)N(Cc2cc3cc(CC)ccc3[nH]c2=O)CC2CCCO2)cc1. The highest BCUT2D eigenvalue weighted by molar-refractivity contribution is 7.80. The maximum Gasteiger partial charge on any atom is 0.253 e. The van der Waals surface area contributed by atoms with Crippen LogP contribution in [-0.4, -0.2) is 40.9 Å². The van der Waals surface area contributed by atoms with Crippen molar-refractivity contribution in [2.24, 2.45) is 0 Å². The number of nitrogens with one attached hydrogen (secondary N) is 2. The Labute approximate surface area is 199 Å². The molecule has 33 heavy (non-hydrogen) atoms. The summed E-state index contributed by atoms with van der Waals surface area (Å²) in [6.45, 7) is 6.53. The van der Waals surface area contributed by atoms with Crippen LogP contribution in [0.4, 0.5) is 5.69 Å². The monoisotopic (exact) mass is 465 g/mol. The van der Waals surface area contributed by atoms with E-state index < -0.39 is 0 Å². The number of aryl methyl sites for hydroxylation is 1. The Bertz CT molecular complexity index is 1150. The number of ether oxygens (including phenoxy) is 2. The zero-order valence-electron chi connectivity index (χ0n) is 19.2. The van der Waals surface area contributed by atoms with Gasteiger partial charge in [-0.05, 0) is 91.8 Å². The summed E-state index contributed by atoms with van der Waals surface area (Å²) < 4.78 is 11.4. The van der Waals surface area contributed by atoms with Gasteiger partial charge < -0.3 is 24.7 Å². The second-order valence-corrected chi connectivity index (χ2v) is 8.69. The predicted molar refractivity (Wildman–Crippen MR) is 137 cm³/mol. The lowest BCUT2D eigenvalue weighted by molar-refractivity contribution is 0.0904. The Hall–Kier alpha value is -2.90. The van der Waals surface area contributed by atoms with Crippen molar-refractivity contribution >= 4 is 33.9 Å². The standard InChI is InChI=1S/C26H31N3O3S/c1-3-18-7-12-24-19(14-18)15-20(25(30)28-24)16-29(17-23-6-5-13-32-23)26(33)27-21-8-10-22(11-9-21)31-4-2/h7-12,14-15,23H,3-6,13,16-17H2,1-2H3,(H,27,33)(H,28,30). The molecule has 7 heteroatoms. The Morgan fingerprint density at radius 1 is 1.21 bits per heavy atom. The first-order chi connectivity index (χ1) is 16.1. The number of aromatic amines is 1. The molecule has 0 saturated carbocycles. The molecule has 2 N–H and O–H groups in total. The summed E-state index contributed by atoms with van der Waals surface area (Å²) in [4.78, 5) is 17.9. The molecule has 3 aromatic rings. The van der Waals surface area contributed by atoms with Crippen LogP contribution in [0.25, 0.3) is 10.9 Å². The minimum absolute atomic E-state index is 0.0899. The van der Waals surface area contributed by atoms with Crippen LogP contribution in [0.5, 0.6) is 5.75 Å². The fourth-order valence-corrected chi connectivity index (χ4v) is 4.36. The molecule has 2 aromatic carbocycles. The van der Waals surface area contributed by atoms with E-state index in [0.29, 0.717) is 30.4 Å². The summed E-state index contributed by atoms with van der Waals surface area (Å²) in [5.74, 6) is 0.819. The summed E-state index contributed by atoms with van der Waals surface area (Å²) in [5, 5.41) is 4.91. The molecule has 4 rings (SSSR count). The van der Waals surface area contributed by atoms with E-state index in [2.05, 4.69) is 29.4 Å². The normalized spacial score (nSPS) is 15.5. The second kappa shape index (κ2) is 10.8. The highest BCUT2D eigenvalue weighted by atomic mass is 32.1. The number of thiocarbonyl (C=S) groups is 1. The van der Waals surface area contributed by atoms with Crippen molar-refractivity contribution in [1.29, 1.82) is 0 Å². The van der Waals surface area contributed by atoms with E-state index >= 15 is 0 Å². The van der Waals surface area contributed by atoms with Crippen LogP contribution >= 0.6 is 12.2 Å². The smallest absolute Gasteiger partial charge is 0.253 e. The number of fused-ring (bicyclic) bond motifs is 1. The largest absolute Gasteiger partial charge is 0.494 e. The molecule has 0 bridgehead atoms. The van der Waals surface area contributed by atoms with E-state index in [9.17, 15) is 4.79 Å². The molecule has 0 aliphatic carbocycles. The van der Waals surface area contributed by atoms with Crippen LogP contribution in [-0.2, 0) is 17.7 Å². The number of hydrogen-bond donors (Lipinski definition) is 2. The number of hydrogen-bond acceptors (Lipinski definition) is 4. The summed E-state index contributed by atoms with van der Waals surface area (Å²) in [5.41, 5.74) is 3.56. The highest BCUT2D eigenvalue weighted by Crippen LogP contribution is 2.20. The van der Waals surface area contributed by atoms with Gasteiger partial charge >= 0.3 is 0 Å². The number of nitrogens with zero attached hydrogens (tertiary/aromatic N) is 1. The number of anilines is 1. The van der Waals surface area contributed by atoms with Gasteiger partial charge in [0, 0.05) is 29.9 Å². The van der Waals surface area contributed by atoms with E-state index in [1.165, 1.54) is 5.56 Å². The van der Waals surface area contributed by atoms with Gasteiger partial charge in [-0.3, -0.25) is 4.79 Å². The molecule has 1 atom stereocenters.